The van der Waals surface area contributed by atoms with Crippen molar-refractivity contribution in [3.8, 4) is 0 Å². The molecule has 17 heavy (non-hydrogen) atoms. The maximum atomic E-state index is 10.2. The van der Waals surface area contributed by atoms with Gasteiger partial charge in [0, 0.05) is 19.1 Å². The van der Waals surface area contributed by atoms with Crippen LogP contribution < -0.4 is 0 Å². The number of aryl methyl sites for hydroxylation is 1. The molecule has 2 rings (SSSR count). The highest BCUT2D eigenvalue weighted by molar-refractivity contribution is 5.23. The van der Waals surface area contributed by atoms with Crippen LogP contribution in [0, 0.1) is 6.92 Å². The van der Waals surface area contributed by atoms with Crippen molar-refractivity contribution in [2.24, 2.45) is 0 Å². The molecule has 0 saturated carbocycles. The van der Waals surface area contributed by atoms with Crippen LogP contribution in [0.15, 0.2) is 24.3 Å². The normalized spacial score (nSPS) is 23.6. The van der Waals surface area contributed by atoms with E-state index >= 15 is 0 Å². The van der Waals surface area contributed by atoms with Gasteiger partial charge >= 0.3 is 0 Å². The Morgan fingerprint density at radius 1 is 1.41 bits per heavy atom. The molecule has 94 valence electrons. The minimum atomic E-state index is -0.406. The summed E-state index contributed by atoms with van der Waals surface area (Å²) >= 11 is 0. The first-order valence-electron chi connectivity index (χ1n) is 6.23. The molecule has 2 unspecified atom stereocenters. The molecule has 0 spiro atoms. The number of ether oxygens (including phenoxy) is 1. The van der Waals surface area contributed by atoms with E-state index in [0.29, 0.717) is 12.6 Å². The second-order valence-corrected chi connectivity index (χ2v) is 4.85. The molecule has 1 aromatic carbocycles. The van der Waals surface area contributed by atoms with E-state index in [1.807, 2.05) is 24.3 Å². The summed E-state index contributed by atoms with van der Waals surface area (Å²) in [5, 5.41) is 10.2. The van der Waals surface area contributed by atoms with Crippen LogP contribution >= 0.6 is 0 Å². The second-order valence-electron chi connectivity index (χ2n) is 4.85. The number of β-amino-alcohol motifs (C(OH)–C–C–N with tert-alkyl or cyclic N) is 1. The topological polar surface area (TPSA) is 32.7 Å². The van der Waals surface area contributed by atoms with E-state index in [0.717, 1.165) is 25.3 Å². The van der Waals surface area contributed by atoms with E-state index in [1.54, 1.807) is 0 Å². The molecule has 1 saturated heterocycles. The summed E-state index contributed by atoms with van der Waals surface area (Å²) in [5.41, 5.74) is 2.22. The summed E-state index contributed by atoms with van der Waals surface area (Å²) in [6.07, 6.45) is -0.406. The molecule has 1 fully saturated rings. The predicted molar refractivity (Wildman–Crippen MR) is 68.0 cm³/mol. The van der Waals surface area contributed by atoms with Gasteiger partial charge in [0.1, 0.15) is 0 Å². The van der Waals surface area contributed by atoms with Crippen LogP contribution in [0.4, 0.5) is 0 Å². The molecule has 0 bridgehead atoms. The van der Waals surface area contributed by atoms with Crippen molar-refractivity contribution in [2.75, 3.05) is 26.3 Å². The number of benzene rings is 1. The standard InChI is InChI=1S/C14H21NO2/c1-11-3-5-13(6-4-11)14(16)9-15-7-8-17-10-12(15)2/h3-6,12,14,16H,7-10H2,1-2H3. The van der Waals surface area contributed by atoms with Crippen LogP contribution in [0.5, 0.6) is 0 Å². The fraction of sp³-hybridized carbons (Fsp3) is 0.571. The molecular weight excluding hydrogens is 214 g/mol. The van der Waals surface area contributed by atoms with Crippen LogP contribution in [-0.4, -0.2) is 42.4 Å². The smallest absolute Gasteiger partial charge is 0.0917 e. The fourth-order valence-corrected chi connectivity index (χ4v) is 2.15. The highest BCUT2D eigenvalue weighted by Gasteiger charge is 2.21. The lowest BCUT2D eigenvalue weighted by atomic mass is 10.1. The SMILES string of the molecule is Cc1ccc(C(O)CN2CCOCC2C)cc1. The van der Waals surface area contributed by atoms with Gasteiger partial charge in [0.2, 0.25) is 0 Å². The monoisotopic (exact) mass is 235 g/mol. The van der Waals surface area contributed by atoms with E-state index in [9.17, 15) is 5.11 Å². The molecule has 1 aliphatic rings. The van der Waals surface area contributed by atoms with Crippen LogP contribution in [0.2, 0.25) is 0 Å². The van der Waals surface area contributed by atoms with Gasteiger partial charge in [-0.1, -0.05) is 29.8 Å². The van der Waals surface area contributed by atoms with E-state index in [1.165, 1.54) is 5.56 Å². The van der Waals surface area contributed by atoms with Gasteiger partial charge < -0.3 is 9.84 Å². The third-order valence-electron chi connectivity index (χ3n) is 3.37. The van der Waals surface area contributed by atoms with Gasteiger partial charge in [-0.15, -0.1) is 0 Å². The van der Waals surface area contributed by atoms with Crippen LogP contribution in [-0.2, 0) is 4.74 Å². The molecule has 0 amide bonds. The van der Waals surface area contributed by atoms with Crippen molar-refractivity contribution in [3.05, 3.63) is 35.4 Å². The van der Waals surface area contributed by atoms with Crippen molar-refractivity contribution >= 4 is 0 Å². The maximum Gasteiger partial charge on any atom is 0.0917 e. The Labute approximate surface area is 103 Å². The minimum absolute atomic E-state index is 0.392. The first-order valence-corrected chi connectivity index (χ1v) is 6.23. The Morgan fingerprint density at radius 3 is 2.76 bits per heavy atom. The average molecular weight is 235 g/mol. The Morgan fingerprint density at radius 2 is 2.12 bits per heavy atom. The lowest BCUT2D eigenvalue weighted by Gasteiger charge is -2.34. The van der Waals surface area contributed by atoms with Gasteiger partial charge in [-0.3, -0.25) is 4.90 Å². The Balaban J connectivity index is 1.95. The first-order chi connectivity index (χ1) is 8.16. The Hall–Kier alpha value is -0.900. The molecular formula is C14H21NO2. The number of hydrogen-bond donors (Lipinski definition) is 1. The third-order valence-corrected chi connectivity index (χ3v) is 3.37. The number of hydrogen-bond acceptors (Lipinski definition) is 3. The molecule has 2 atom stereocenters. The zero-order valence-corrected chi connectivity index (χ0v) is 10.6. The van der Waals surface area contributed by atoms with Crippen molar-refractivity contribution in [3.63, 3.8) is 0 Å². The summed E-state index contributed by atoms with van der Waals surface area (Å²) < 4.78 is 5.39. The number of morpholine rings is 1. The zero-order valence-electron chi connectivity index (χ0n) is 10.6. The van der Waals surface area contributed by atoms with Crippen molar-refractivity contribution < 1.29 is 9.84 Å². The van der Waals surface area contributed by atoms with Crippen molar-refractivity contribution in [1.29, 1.82) is 0 Å². The second kappa shape index (κ2) is 5.63. The van der Waals surface area contributed by atoms with Gasteiger partial charge in [-0.2, -0.15) is 0 Å². The average Bonchev–Trinajstić information content (AvgIpc) is 2.33. The van der Waals surface area contributed by atoms with Gasteiger partial charge in [0.05, 0.1) is 19.3 Å². The van der Waals surface area contributed by atoms with Crippen LogP contribution in [0.3, 0.4) is 0 Å². The van der Waals surface area contributed by atoms with Crippen molar-refractivity contribution in [2.45, 2.75) is 26.0 Å². The summed E-state index contributed by atoms with van der Waals surface area (Å²) in [5.74, 6) is 0. The minimum Gasteiger partial charge on any atom is -0.387 e. The number of rotatable bonds is 3. The van der Waals surface area contributed by atoms with Gasteiger partial charge in [0.15, 0.2) is 0 Å². The van der Waals surface area contributed by atoms with Crippen LogP contribution in [0.25, 0.3) is 0 Å². The lowest BCUT2D eigenvalue weighted by Crippen LogP contribution is -2.45. The Bertz CT molecular complexity index is 350. The van der Waals surface area contributed by atoms with Gasteiger partial charge in [-0.05, 0) is 19.4 Å². The fourth-order valence-electron chi connectivity index (χ4n) is 2.15. The van der Waals surface area contributed by atoms with Crippen LogP contribution in [0.1, 0.15) is 24.2 Å². The van der Waals surface area contributed by atoms with Gasteiger partial charge in [-0.25, -0.2) is 0 Å². The Kier molecular flexibility index (Phi) is 4.15. The molecule has 1 heterocycles. The van der Waals surface area contributed by atoms with Gasteiger partial charge in [0.25, 0.3) is 0 Å². The quantitative estimate of drug-likeness (QED) is 0.866. The molecule has 0 aromatic heterocycles. The summed E-state index contributed by atoms with van der Waals surface area (Å²) in [6.45, 7) is 7.32. The maximum absolute atomic E-state index is 10.2. The highest BCUT2D eigenvalue weighted by atomic mass is 16.5. The molecule has 0 aliphatic carbocycles. The molecule has 0 radical (unpaired) electrons. The summed E-state index contributed by atoms with van der Waals surface area (Å²) in [4.78, 5) is 2.29. The third kappa shape index (κ3) is 3.28. The first kappa shape index (κ1) is 12.6. The van der Waals surface area contributed by atoms with E-state index in [2.05, 4.69) is 18.7 Å². The lowest BCUT2D eigenvalue weighted by molar-refractivity contribution is -0.0203. The number of nitrogens with zero attached hydrogens (tertiary/aromatic N) is 1. The molecule has 3 nitrogen and oxygen atoms in total. The number of aliphatic hydroxyl groups excluding tert-OH is 1. The highest BCUT2D eigenvalue weighted by Crippen LogP contribution is 2.17. The van der Waals surface area contributed by atoms with E-state index in [4.69, 9.17) is 4.74 Å². The molecule has 3 heteroatoms. The van der Waals surface area contributed by atoms with E-state index in [-0.39, 0.29) is 0 Å². The molecule has 1 aromatic rings. The zero-order chi connectivity index (χ0) is 12.3. The summed E-state index contributed by atoms with van der Waals surface area (Å²) in [7, 11) is 0. The van der Waals surface area contributed by atoms with Crippen molar-refractivity contribution in [1.82, 2.24) is 4.90 Å². The largest absolute Gasteiger partial charge is 0.387 e. The van der Waals surface area contributed by atoms with E-state index < -0.39 is 6.10 Å². The number of aliphatic hydroxyl groups is 1. The molecule has 1 N–H and O–H groups in total. The summed E-state index contributed by atoms with van der Waals surface area (Å²) in [6, 6.07) is 8.49. The predicted octanol–water partition coefficient (Wildman–Crippen LogP) is 1.75. The molecule has 1 aliphatic heterocycles.